The molecule has 0 N–H and O–H groups in total. The number of anilines is 1. The first-order valence-corrected chi connectivity index (χ1v) is 9.19. The molecule has 0 bridgehead atoms. The summed E-state index contributed by atoms with van der Waals surface area (Å²) in [4.78, 5) is 28.4. The maximum Gasteiger partial charge on any atom is 0.322 e. The summed E-state index contributed by atoms with van der Waals surface area (Å²) in [6.45, 7) is 8.94. The average Bonchev–Trinajstić information content (AvgIpc) is 3.01. The molecule has 1 aromatic heterocycles. The minimum absolute atomic E-state index is 0.00615. The minimum atomic E-state index is -0.507. The molecule has 3 heterocycles. The van der Waals surface area contributed by atoms with Crippen molar-refractivity contribution in [1.29, 1.82) is 0 Å². The summed E-state index contributed by atoms with van der Waals surface area (Å²) in [5.41, 5.74) is -0.259. The molecular weight excluding hydrogens is 364 g/mol. The molecule has 6 nitrogen and oxygen atoms in total. The smallest absolute Gasteiger partial charge is 0.322 e. The highest BCUT2D eigenvalue weighted by atomic mass is 19.1. The minimum Gasteiger partial charge on any atom is -0.360 e. The van der Waals surface area contributed by atoms with Crippen molar-refractivity contribution >= 4 is 17.7 Å². The molecule has 2 fully saturated rings. The Labute approximate surface area is 161 Å². The van der Waals surface area contributed by atoms with Crippen molar-refractivity contribution in [1.82, 2.24) is 14.9 Å². The van der Waals surface area contributed by atoms with Crippen LogP contribution >= 0.6 is 0 Å². The van der Waals surface area contributed by atoms with Crippen LogP contribution in [-0.4, -0.2) is 40.4 Å². The lowest BCUT2D eigenvalue weighted by Crippen LogP contribution is -2.45. The lowest BCUT2D eigenvalue weighted by molar-refractivity contribution is -0.137. The standard InChI is InChI=1S/C20H19F2N5O/c1-23-17-4-8-24-19(25-17)26-9-5-20(6-10-26)7-11-27(18(20)28)13-14-12-15(21)2-3-16(14)22/h2-4,8,12H,5-7,9-11,13H2. The molecule has 2 saturated heterocycles. The molecule has 4 rings (SSSR count). The van der Waals surface area contributed by atoms with E-state index in [1.807, 2.05) is 4.90 Å². The molecule has 1 aromatic carbocycles. The Morgan fingerprint density at radius 2 is 1.89 bits per heavy atom. The zero-order valence-corrected chi connectivity index (χ0v) is 15.2. The van der Waals surface area contributed by atoms with Crippen LogP contribution in [0.1, 0.15) is 24.8 Å². The second kappa shape index (κ2) is 7.15. The van der Waals surface area contributed by atoms with Crippen molar-refractivity contribution in [3.05, 3.63) is 59.1 Å². The average molecular weight is 383 g/mol. The normalized spacial score (nSPS) is 18.5. The van der Waals surface area contributed by atoms with Gasteiger partial charge in [-0.15, -0.1) is 0 Å². The number of aromatic nitrogens is 2. The fourth-order valence-corrected chi connectivity index (χ4v) is 4.07. The second-order valence-electron chi connectivity index (χ2n) is 7.31. The molecule has 28 heavy (non-hydrogen) atoms. The van der Waals surface area contributed by atoms with Gasteiger partial charge < -0.3 is 14.6 Å². The second-order valence-corrected chi connectivity index (χ2v) is 7.31. The van der Waals surface area contributed by atoms with Crippen molar-refractivity contribution in [2.45, 2.75) is 25.8 Å². The Kier molecular flexibility index (Phi) is 4.67. The Morgan fingerprint density at radius 3 is 2.64 bits per heavy atom. The van der Waals surface area contributed by atoms with Gasteiger partial charge in [0.25, 0.3) is 5.82 Å². The molecular formula is C20H19F2N5O. The van der Waals surface area contributed by atoms with Gasteiger partial charge in [0, 0.05) is 37.9 Å². The molecule has 1 amide bonds. The molecule has 2 aromatic rings. The largest absolute Gasteiger partial charge is 0.360 e. The predicted molar refractivity (Wildman–Crippen MR) is 98.6 cm³/mol. The number of piperidine rings is 1. The summed E-state index contributed by atoms with van der Waals surface area (Å²) in [5.74, 6) is -0.195. The van der Waals surface area contributed by atoms with Gasteiger partial charge in [0.15, 0.2) is 0 Å². The van der Waals surface area contributed by atoms with Crippen LogP contribution in [0.5, 0.6) is 0 Å². The summed E-state index contributed by atoms with van der Waals surface area (Å²) >= 11 is 0. The number of rotatable bonds is 3. The molecule has 2 aliphatic rings. The molecule has 0 atom stereocenters. The zero-order chi connectivity index (χ0) is 19.7. The monoisotopic (exact) mass is 383 g/mol. The molecule has 8 heteroatoms. The maximum absolute atomic E-state index is 13.9. The van der Waals surface area contributed by atoms with E-state index in [2.05, 4.69) is 14.8 Å². The van der Waals surface area contributed by atoms with Gasteiger partial charge in [0.05, 0.1) is 5.41 Å². The fraction of sp³-hybridized carbons (Fsp3) is 0.400. The summed E-state index contributed by atoms with van der Waals surface area (Å²) < 4.78 is 27.4. The number of hydrogen-bond acceptors (Lipinski definition) is 4. The van der Waals surface area contributed by atoms with E-state index in [0.29, 0.717) is 50.7 Å². The molecule has 0 radical (unpaired) electrons. The summed E-state index contributed by atoms with van der Waals surface area (Å²) in [5, 5.41) is 0. The van der Waals surface area contributed by atoms with E-state index in [-0.39, 0.29) is 18.0 Å². The zero-order valence-electron chi connectivity index (χ0n) is 15.2. The highest BCUT2D eigenvalue weighted by molar-refractivity contribution is 5.85. The van der Waals surface area contributed by atoms with Crippen LogP contribution in [-0.2, 0) is 11.3 Å². The van der Waals surface area contributed by atoms with E-state index in [0.717, 1.165) is 18.2 Å². The molecule has 2 aliphatic heterocycles. The molecule has 1 spiro atoms. The van der Waals surface area contributed by atoms with Crippen LogP contribution in [0.3, 0.4) is 0 Å². The van der Waals surface area contributed by atoms with Crippen molar-refractivity contribution in [3.63, 3.8) is 0 Å². The third-order valence-electron chi connectivity index (χ3n) is 5.72. The number of hydrogen-bond donors (Lipinski definition) is 0. The Hall–Kier alpha value is -3.08. The topological polar surface area (TPSA) is 53.7 Å². The van der Waals surface area contributed by atoms with Gasteiger partial charge in [-0.2, -0.15) is 0 Å². The third-order valence-corrected chi connectivity index (χ3v) is 5.72. The predicted octanol–water partition coefficient (Wildman–Crippen LogP) is 3.32. The van der Waals surface area contributed by atoms with Gasteiger partial charge >= 0.3 is 5.95 Å². The van der Waals surface area contributed by atoms with Crippen molar-refractivity contribution in [2.75, 3.05) is 24.5 Å². The highest BCUT2D eigenvalue weighted by Gasteiger charge is 2.48. The molecule has 0 aliphatic carbocycles. The highest BCUT2D eigenvalue weighted by Crippen LogP contribution is 2.42. The number of carbonyl (C=O) groups excluding carboxylic acids is 1. The first kappa shape index (κ1) is 18.3. The fourth-order valence-electron chi connectivity index (χ4n) is 4.07. The van der Waals surface area contributed by atoms with Gasteiger partial charge in [0.2, 0.25) is 5.91 Å². The maximum atomic E-state index is 13.9. The van der Waals surface area contributed by atoms with E-state index in [4.69, 9.17) is 6.57 Å². The van der Waals surface area contributed by atoms with Crippen molar-refractivity contribution in [2.24, 2.45) is 5.41 Å². The van der Waals surface area contributed by atoms with E-state index in [1.165, 1.54) is 0 Å². The summed E-state index contributed by atoms with van der Waals surface area (Å²) in [6.07, 6.45) is 3.58. The summed E-state index contributed by atoms with van der Waals surface area (Å²) in [6, 6.07) is 4.88. The SMILES string of the molecule is [C-]#[N+]c1ccnc(N2CCC3(CCN(Cc4cc(F)ccc4F)C3=O)CC2)n1. The van der Waals surface area contributed by atoms with E-state index in [9.17, 15) is 13.6 Å². The van der Waals surface area contributed by atoms with Crippen LogP contribution in [0.15, 0.2) is 30.5 Å². The number of halogens is 2. The lowest BCUT2D eigenvalue weighted by Gasteiger charge is -2.37. The first-order chi connectivity index (χ1) is 13.5. The van der Waals surface area contributed by atoms with Gasteiger partial charge in [-0.1, -0.05) is 11.6 Å². The van der Waals surface area contributed by atoms with Crippen LogP contribution in [0, 0.1) is 23.6 Å². The van der Waals surface area contributed by atoms with Gasteiger partial charge in [0.1, 0.15) is 11.6 Å². The Bertz CT molecular complexity index is 950. The van der Waals surface area contributed by atoms with Crippen molar-refractivity contribution in [3.8, 4) is 0 Å². The van der Waals surface area contributed by atoms with Crippen LogP contribution in [0.2, 0.25) is 0 Å². The quantitative estimate of drug-likeness (QED) is 0.763. The van der Waals surface area contributed by atoms with E-state index >= 15 is 0 Å². The van der Waals surface area contributed by atoms with Crippen LogP contribution < -0.4 is 4.90 Å². The Morgan fingerprint density at radius 1 is 1.14 bits per heavy atom. The number of likely N-dealkylation sites (tertiary alicyclic amines) is 1. The summed E-state index contributed by atoms with van der Waals surface area (Å²) in [7, 11) is 0. The number of carbonyl (C=O) groups is 1. The lowest BCUT2D eigenvalue weighted by atomic mass is 9.77. The van der Waals surface area contributed by atoms with E-state index in [1.54, 1.807) is 17.2 Å². The van der Waals surface area contributed by atoms with Gasteiger partial charge in [-0.25, -0.2) is 13.8 Å². The van der Waals surface area contributed by atoms with Gasteiger partial charge in [-0.3, -0.25) is 4.79 Å². The number of nitrogens with zero attached hydrogens (tertiary/aromatic N) is 5. The molecule has 144 valence electrons. The van der Waals surface area contributed by atoms with Crippen LogP contribution in [0.4, 0.5) is 20.5 Å². The molecule has 0 saturated carbocycles. The number of amides is 1. The Balaban J connectivity index is 1.44. The third kappa shape index (κ3) is 3.28. The number of benzene rings is 1. The van der Waals surface area contributed by atoms with Crippen LogP contribution in [0.25, 0.3) is 4.85 Å². The van der Waals surface area contributed by atoms with E-state index < -0.39 is 17.0 Å². The first-order valence-electron chi connectivity index (χ1n) is 9.19. The molecule has 0 unspecified atom stereocenters. The van der Waals surface area contributed by atoms with Gasteiger partial charge in [-0.05, 0) is 43.5 Å². The van der Waals surface area contributed by atoms with Crippen molar-refractivity contribution < 1.29 is 13.6 Å².